The Hall–Kier alpha value is -2.64. The Balaban J connectivity index is 1.25. The van der Waals surface area contributed by atoms with Crippen molar-refractivity contribution in [1.82, 2.24) is 14.2 Å². The molecular weight excluding hydrogens is 422 g/mol. The maximum atomic E-state index is 13.0. The van der Waals surface area contributed by atoms with Crippen LogP contribution in [-0.2, 0) is 21.4 Å². The summed E-state index contributed by atoms with van der Waals surface area (Å²) in [6.45, 7) is 6.00. The van der Waals surface area contributed by atoms with Crippen molar-refractivity contribution >= 4 is 26.8 Å². The van der Waals surface area contributed by atoms with E-state index in [4.69, 9.17) is 0 Å². The van der Waals surface area contributed by atoms with Gasteiger partial charge in [-0.2, -0.15) is 4.31 Å². The number of nitrogens with one attached hydrogen (secondary N) is 1. The molecule has 0 spiro atoms. The Morgan fingerprint density at radius 1 is 1.06 bits per heavy atom. The van der Waals surface area contributed by atoms with E-state index in [-0.39, 0.29) is 11.8 Å². The predicted octanol–water partition coefficient (Wildman–Crippen LogP) is 3.87. The van der Waals surface area contributed by atoms with Crippen molar-refractivity contribution in [2.24, 2.45) is 5.92 Å². The van der Waals surface area contributed by atoms with Crippen molar-refractivity contribution in [1.29, 1.82) is 0 Å². The molecule has 1 aromatic heterocycles. The van der Waals surface area contributed by atoms with Gasteiger partial charge in [0.15, 0.2) is 0 Å². The summed E-state index contributed by atoms with van der Waals surface area (Å²) < 4.78 is 29.8. The van der Waals surface area contributed by atoms with Gasteiger partial charge in [0.1, 0.15) is 0 Å². The number of fused-ring (bicyclic) bond motifs is 1. The Morgan fingerprint density at radius 3 is 2.56 bits per heavy atom. The number of nitrogens with zero attached hydrogens (tertiary/aromatic N) is 2. The normalized spacial score (nSPS) is 15.8. The molecule has 0 bridgehead atoms. The van der Waals surface area contributed by atoms with E-state index in [0.717, 1.165) is 24.1 Å². The van der Waals surface area contributed by atoms with Crippen LogP contribution >= 0.6 is 0 Å². The molecule has 1 fully saturated rings. The first kappa shape index (κ1) is 22.6. The molecule has 1 aliphatic rings. The number of amides is 1. The maximum Gasteiger partial charge on any atom is 0.243 e. The molecule has 32 heavy (non-hydrogen) atoms. The summed E-state index contributed by atoms with van der Waals surface area (Å²) in [6.07, 6.45) is 4.04. The third-order valence-electron chi connectivity index (χ3n) is 6.33. The summed E-state index contributed by atoms with van der Waals surface area (Å²) in [4.78, 5) is 13.0. The SMILES string of the molecule is Cc1ccc(S(=O)(=O)N2CCC(C(=O)NCCCn3ccc4ccccc43)CC2)c(C)c1. The van der Waals surface area contributed by atoms with E-state index in [1.165, 1.54) is 15.2 Å². The summed E-state index contributed by atoms with van der Waals surface area (Å²) in [5.41, 5.74) is 3.01. The second-order valence-corrected chi connectivity index (χ2v) is 10.6. The zero-order valence-electron chi connectivity index (χ0n) is 18.8. The summed E-state index contributed by atoms with van der Waals surface area (Å²) in [6, 6.07) is 15.8. The van der Waals surface area contributed by atoms with Crippen LogP contribution in [0.3, 0.4) is 0 Å². The van der Waals surface area contributed by atoms with Crippen LogP contribution < -0.4 is 5.32 Å². The average molecular weight is 454 g/mol. The molecule has 1 amide bonds. The van der Waals surface area contributed by atoms with Crippen LogP contribution in [0.4, 0.5) is 0 Å². The molecule has 0 aliphatic carbocycles. The Morgan fingerprint density at radius 2 is 1.81 bits per heavy atom. The quantitative estimate of drug-likeness (QED) is 0.552. The number of benzene rings is 2. The number of carbonyl (C=O) groups excluding carboxylic acids is 1. The minimum atomic E-state index is -3.52. The third kappa shape index (κ3) is 4.74. The van der Waals surface area contributed by atoms with E-state index in [1.54, 1.807) is 6.07 Å². The average Bonchev–Trinajstić information content (AvgIpc) is 3.19. The minimum absolute atomic E-state index is 0.0333. The first-order valence-corrected chi connectivity index (χ1v) is 12.7. The molecule has 2 aromatic carbocycles. The van der Waals surface area contributed by atoms with Crippen molar-refractivity contribution in [2.45, 2.75) is 44.6 Å². The summed E-state index contributed by atoms with van der Waals surface area (Å²) in [7, 11) is -3.52. The summed E-state index contributed by atoms with van der Waals surface area (Å²) in [5.74, 6) is -0.0982. The number of aromatic nitrogens is 1. The molecule has 1 saturated heterocycles. The zero-order chi connectivity index (χ0) is 22.7. The summed E-state index contributed by atoms with van der Waals surface area (Å²) in [5, 5.41) is 4.26. The van der Waals surface area contributed by atoms with Crippen LogP contribution in [-0.4, -0.2) is 42.8 Å². The highest BCUT2D eigenvalue weighted by Crippen LogP contribution is 2.26. The van der Waals surface area contributed by atoms with Crippen LogP contribution in [0.5, 0.6) is 0 Å². The lowest BCUT2D eigenvalue weighted by Crippen LogP contribution is -2.43. The molecule has 6 nitrogen and oxygen atoms in total. The molecule has 3 aromatic rings. The summed E-state index contributed by atoms with van der Waals surface area (Å²) >= 11 is 0. The van der Waals surface area contributed by atoms with E-state index < -0.39 is 10.0 Å². The number of rotatable bonds is 7. The molecule has 170 valence electrons. The van der Waals surface area contributed by atoms with Gasteiger partial charge in [-0.15, -0.1) is 0 Å². The van der Waals surface area contributed by atoms with Gasteiger partial charge in [-0.3, -0.25) is 4.79 Å². The van der Waals surface area contributed by atoms with Crippen LogP contribution in [0.2, 0.25) is 0 Å². The molecule has 2 heterocycles. The van der Waals surface area contributed by atoms with E-state index in [9.17, 15) is 13.2 Å². The number of aryl methyl sites for hydroxylation is 3. The lowest BCUT2D eigenvalue weighted by Gasteiger charge is -2.31. The standard InChI is InChI=1S/C25H31N3O3S/c1-19-8-9-24(20(2)18-19)32(30,31)28-16-11-22(12-17-28)25(29)26-13-5-14-27-15-10-21-6-3-4-7-23(21)27/h3-4,6-10,15,18,22H,5,11-14,16-17H2,1-2H3,(H,26,29). The fourth-order valence-corrected chi connectivity index (χ4v) is 6.20. The minimum Gasteiger partial charge on any atom is -0.356 e. The largest absolute Gasteiger partial charge is 0.356 e. The smallest absolute Gasteiger partial charge is 0.243 e. The fraction of sp³-hybridized carbons (Fsp3) is 0.400. The highest BCUT2D eigenvalue weighted by Gasteiger charge is 2.32. The first-order valence-electron chi connectivity index (χ1n) is 11.3. The zero-order valence-corrected chi connectivity index (χ0v) is 19.6. The van der Waals surface area contributed by atoms with Gasteiger partial charge in [-0.1, -0.05) is 35.9 Å². The van der Waals surface area contributed by atoms with Gasteiger partial charge in [0.05, 0.1) is 4.90 Å². The fourth-order valence-electron chi connectivity index (χ4n) is 4.53. The number of piperidine rings is 1. The van der Waals surface area contributed by atoms with E-state index in [2.05, 4.69) is 34.3 Å². The van der Waals surface area contributed by atoms with Crippen LogP contribution in [0.15, 0.2) is 59.6 Å². The molecule has 0 atom stereocenters. The molecule has 4 rings (SSSR count). The van der Waals surface area contributed by atoms with E-state index in [0.29, 0.717) is 37.4 Å². The number of hydrogen-bond donors (Lipinski definition) is 1. The van der Waals surface area contributed by atoms with Gasteiger partial charge >= 0.3 is 0 Å². The van der Waals surface area contributed by atoms with E-state index in [1.807, 2.05) is 38.1 Å². The Labute approximate surface area is 190 Å². The maximum absolute atomic E-state index is 13.0. The van der Waals surface area contributed by atoms with E-state index >= 15 is 0 Å². The van der Waals surface area contributed by atoms with Crippen LogP contribution in [0.1, 0.15) is 30.4 Å². The molecule has 1 N–H and O–H groups in total. The van der Waals surface area contributed by atoms with Gasteiger partial charge < -0.3 is 9.88 Å². The number of sulfonamides is 1. The highest BCUT2D eigenvalue weighted by molar-refractivity contribution is 7.89. The van der Waals surface area contributed by atoms with Crippen molar-refractivity contribution in [3.8, 4) is 0 Å². The lowest BCUT2D eigenvalue weighted by molar-refractivity contribution is -0.126. The molecular formula is C25H31N3O3S. The topological polar surface area (TPSA) is 71.4 Å². The van der Waals surface area contributed by atoms with Gasteiger partial charge in [-0.05, 0) is 62.3 Å². The second-order valence-electron chi connectivity index (χ2n) is 8.66. The second kappa shape index (κ2) is 9.46. The Bertz CT molecular complexity index is 1210. The first-order chi connectivity index (χ1) is 15.4. The van der Waals surface area contributed by atoms with Gasteiger partial charge in [0, 0.05) is 43.8 Å². The number of hydrogen-bond acceptors (Lipinski definition) is 3. The molecule has 7 heteroatoms. The van der Waals surface area contributed by atoms with Crippen molar-refractivity contribution in [3.63, 3.8) is 0 Å². The van der Waals surface area contributed by atoms with Crippen molar-refractivity contribution in [3.05, 3.63) is 65.9 Å². The molecule has 1 aliphatic heterocycles. The van der Waals surface area contributed by atoms with Crippen LogP contribution in [0.25, 0.3) is 10.9 Å². The van der Waals surface area contributed by atoms with Gasteiger partial charge in [0.25, 0.3) is 0 Å². The highest BCUT2D eigenvalue weighted by atomic mass is 32.2. The molecule has 0 saturated carbocycles. The van der Waals surface area contributed by atoms with Crippen molar-refractivity contribution < 1.29 is 13.2 Å². The predicted molar refractivity (Wildman–Crippen MR) is 127 cm³/mol. The van der Waals surface area contributed by atoms with Crippen molar-refractivity contribution in [2.75, 3.05) is 19.6 Å². The molecule has 0 unspecified atom stereocenters. The lowest BCUT2D eigenvalue weighted by atomic mass is 9.97. The third-order valence-corrected chi connectivity index (χ3v) is 8.39. The Kier molecular flexibility index (Phi) is 6.67. The van der Waals surface area contributed by atoms with Gasteiger partial charge in [-0.25, -0.2) is 8.42 Å². The van der Waals surface area contributed by atoms with Crippen LogP contribution in [0, 0.1) is 19.8 Å². The van der Waals surface area contributed by atoms with Gasteiger partial charge in [0.2, 0.25) is 15.9 Å². The number of para-hydroxylation sites is 1. The monoisotopic (exact) mass is 453 g/mol. The molecule has 0 radical (unpaired) electrons. The number of carbonyl (C=O) groups is 1.